The second kappa shape index (κ2) is 13.8. The van der Waals surface area contributed by atoms with E-state index in [1.807, 2.05) is 6.07 Å². The van der Waals surface area contributed by atoms with Crippen LogP contribution in [0.5, 0.6) is 0 Å². The van der Waals surface area contributed by atoms with Gasteiger partial charge in [0, 0.05) is 21.2 Å². The molecular weight excluding hydrogens is 661 g/mol. The summed E-state index contributed by atoms with van der Waals surface area (Å²) in [5.41, 5.74) is 1.10. The van der Waals surface area contributed by atoms with Crippen molar-refractivity contribution < 1.29 is 18.0 Å². The standard InChI is InChI=1S/C30H33ClIN3O4S/c1-22(30(37)33-26-11-4-2-5-12-26)34(20-23-9-8-10-24(31)19-23)29(36)21-35(27-17-15-25(32)16-18-27)40(38,39)28-13-6-3-7-14-28/h3,6-10,13-19,22,26H,2,4-5,11-12,20-21H2,1H3,(H,33,37)/t22-/m1/s1. The third kappa shape index (κ3) is 7.76. The van der Waals surface area contributed by atoms with E-state index < -0.39 is 28.5 Å². The zero-order valence-corrected chi connectivity index (χ0v) is 26.0. The molecular formula is C30H33ClIN3O4S. The number of hydrogen-bond donors (Lipinski definition) is 1. The zero-order valence-electron chi connectivity index (χ0n) is 22.3. The Hall–Kier alpha value is -2.63. The van der Waals surface area contributed by atoms with E-state index in [1.165, 1.54) is 17.0 Å². The molecule has 2 amide bonds. The van der Waals surface area contributed by atoms with E-state index in [9.17, 15) is 18.0 Å². The maximum absolute atomic E-state index is 14.0. The number of benzene rings is 3. The molecule has 40 heavy (non-hydrogen) atoms. The molecule has 1 atom stereocenters. The van der Waals surface area contributed by atoms with Gasteiger partial charge < -0.3 is 10.2 Å². The van der Waals surface area contributed by atoms with E-state index in [0.717, 1.165) is 45.5 Å². The predicted molar refractivity (Wildman–Crippen MR) is 167 cm³/mol. The van der Waals surface area contributed by atoms with Gasteiger partial charge >= 0.3 is 0 Å². The van der Waals surface area contributed by atoms with Crippen LogP contribution in [-0.2, 0) is 26.2 Å². The summed E-state index contributed by atoms with van der Waals surface area (Å²) in [5, 5.41) is 3.62. The molecule has 0 spiro atoms. The lowest BCUT2D eigenvalue weighted by Gasteiger charge is -2.33. The lowest BCUT2D eigenvalue weighted by Crippen LogP contribution is -2.53. The number of carbonyl (C=O) groups excluding carboxylic acids is 2. The van der Waals surface area contributed by atoms with Gasteiger partial charge in [-0.1, -0.05) is 61.2 Å². The molecule has 212 valence electrons. The average Bonchev–Trinajstić information content (AvgIpc) is 2.95. The first-order chi connectivity index (χ1) is 19.1. The summed E-state index contributed by atoms with van der Waals surface area (Å²) < 4.78 is 29.6. The molecule has 3 aromatic carbocycles. The second-order valence-electron chi connectivity index (χ2n) is 9.97. The highest BCUT2D eigenvalue weighted by atomic mass is 127. The number of nitrogens with one attached hydrogen (secondary N) is 1. The summed E-state index contributed by atoms with van der Waals surface area (Å²) in [6.07, 6.45) is 5.11. The van der Waals surface area contributed by atoms with E-state index in [1.54, 1.807) is 67.6 Å². The minimum absolute atomic E-state index is 0.0748. The summed E-state index contributed by atoms with van der Waals surface area (Å²) in [7, 11) is -4.08. The van der Waals surface area contributed by atoms with Crippen molar-refractivity contribution in [1.29, 1.82) is 0 Å². The number of carbonyl (C=O) groups is 2. The number of halogens is 2. The molecule has 1 aliphatic carbocycles. The molecule has 0 aromatic heterocycles. The fourth-order valence-electron chi connectivity index (χ4n) is 4.84. The second-order valence-corrected chi connectivity index (χ2v) is 13.5. The van der Waals surface area contributed by atoms with Crippen LogP contribution in [0.2, 0.25) is 5.02 Å². The highest BCUT2D eigenvalue weighted by Crippen LogP contribution is 2.26. The van der Waals surface area contributed by atoms with E-state index in [4.69, 9.17) is 11.6 Å². The maximum atomic E-state index is 14.0. The molecule has 1 aliphatic rings. The Kier molecular flexibility index (Phi) is 10.5. The minimum atomic E-state index is -4.08. The first-order valence-corrected chi connectivity index (χ1v) is 16.2. The molecule has 0 radical (unpaired) electrons. The van der Waals surface area contributed by atoms with E-state index in [0.29, 0.717) is 10.7 Å². The highest BCUT2D eigenvalue weighted by molar-refractivity contribution is 14.1. The zero-order chi connectivity index (χ0) is 28.7. The molecule has 7 nitrogen and oxygen atoms in total. The first-order valence-electron chi connectivity index (χ1n) is 13.3. The summed E-state index contributed by atoms with van der Waals surface area (Å²) in [6.45, 7) is 1.31. The van der Waals surface area contributed by atoms with E-state index >= 15 is 0 Å². The Bertz CT molecular complexity index is 1410. The Morgan fingerprint density at radius 2 is 1.65 bits per heavy atom. The first kappa shape index (κ1) is 30.3. The molecule has 1 N–H and O–H groups in total. The van der Waals surface area contributed by atoms with Crippen molar-refractivity contribution in [2.45, 2.75) is 62.6 Å². The van der Waals surface area contributed by atoms with Crippen LogP contribution in [0.15, 0.2) is 83.8 Å². The number of sulfonamides is 1. The minimum Gasteiger partial charge on any atom is -0.352 e. The van der Waals surface area contributed by atoms with Crippen LogP contribution < -0.4 is 9.62 Å². The largest absolute Gasteiger partial charge is 0.352 e. The van der Waals surface area contributed by atoms with Gasteiger partial charge in [0.15, 0.2) is 0 Å². The molecule has 1 saturated carbocycles. The van der Waals surface area contributed by atoms with Crippen molar-refractivity contribution in [2.24, 2.45) is 0 Å². The molecule has 4 rings (SSSR count). The quantitative estimate of drug-likeness (QED) is 0.264. The van der Waals surface area contributed by atoms with Gasteiger partial charge in [0.05, 0.1) is 10.6 Å². The smallest absolute Gasteiger partial charge is 0.264 e. The monoisotopic (exact) mass is 693 g/mol. The highest BCUT2D eigenvalue weighted by Gasteiger charge is 2.33. The Labute approximate surface area is 255 Å². The molecule has 0 unspecified atom stereocenters. The van der Waals surface area contributed by atoms with Crippen LogP contribution in [0.3, 0.4) is 0 Å². The van der Waals surface area contributed by atoms with Gasteiger partial charge in [-0.2, -0.15) is 0 Å². The molecule has 0 aliphatic heterocycles. The van der Waals surface area contributed by atoms with Crippen LogP contribution in [0.4, 0.5) is 5.69 Å². The number of rotatable bonds is 10. The van der Waals surface area contributed by atoms with E-state index in [-0.39, 0.29) is 23.4 Å². The summed E-state index contributed by atoms with van der Waals surface area (Å²) in [6, 6.07) is 21.3. The molecule has 1 fully saturated rings. The lowest BCUT2D eigenvalue weighted by molar-refractivity contribution is -0.139. The van der Waals surface area contributed by atoms with Crippen molar-refractivity contribution in [3.05, 3.63) is 93.0 Å². The van der Waals surface area contributed by atoms with Crippen LogP contribution in [-0.4, -0.2) is 43.8 Å². The summed E-state index contributed by atoms with van der Waals surface area (Å²) >= 11 is 8.36. The topological polar surface area (TPSA) is 86.8 Å². The molecule has 10 heteroatoms. The molecule has 0 bridgehead atoms. The van der Waals surface area contributed by atoms with Gasteiger partial charge in [-0.05, 0) is 96.5 Å². The number of hydrogen-bond acceptors (Lipinski definition) is 4. The SMILES string of the molecule is C[C@H](C(=O)NC1CCCCC1)N(Cc1cccc(Cl)c1)C(=O)CN(c1ccc(I)cc1)S(=O)(=O)c1ccccc1. The van der Waals surface area contributed by atoms with Gasteiger partial charge in [-0.15, -0.1) is 0 Å². The molecule has 0 saturated heterocycles. The predicted octanol–water partition coefficient (Wildman–Crippen LogP) is 6.01. The fourth-order valence-corrected chi connectivity index (χ4v) is 6.85. The van der Waals surface area contributed by atoms with Crippen molar-refractivity contribution in [3.63, 3.8) is 0 Å². The number of nitrogens with zero attached hydrogens (tertiary/aromatic N) is 2. The van der Waals surface area contributed by atoms with Crippen LogP contribution in [0, 0.1) is 3.57 Å². The van der Waals surface area contributed by atoms with Crippen molar-refractivity contribution in [2.75, 3.05) is 10.8 Å². The molecule has 0 heterocycles. The van der Waals surface area contributed by atoms with Gasteiger partial charge in [0.25, 0.3) is 10.0 Å². The van der Waals surface area contributed by atoms with Crippen LogP contribution in [0.25, 0.3) is 0 Å². The maximum Gasteiger partial charge on any atom is 0.264 e. The fraction of sp³-hybridized carbons (Fsp3) is 0.333. The van der Waals surface area contributed by atoms with Crippen molar-refractivity contribution in [3.8, 4) is 0 Å². The van der Waals surface area contributed by atoms with Crippen LogP contribution >= 0.6 is 34.2 Å². The van der Waals surface area contributed by atoms with Gasteiger partial charge in [-0.25, -0.2) is 8.42 Å². The Balaban J connectivity index is 1.66. The van der Waals surface area contributed by atoms with Crippen molar-refractivity contribution >= 4 is 61.7 Å². The Morgan fingerprint density at radius 1 is 0.975 bits per heavy atom. The normalized spacial score (nSPS) is 14.8. The summed E-state index contributed by atoms with van der Waals surface area (Å²) in [5.74, 6) is -0.752. The van der Waals surface area contributed by atoms with Gasteiger partial charge in [0.1, 0.15) is 12.6 Å². The third-order valence-corrected chi connectivity index (χ3v) is 9.83. The van der Waals surface area contributed by atoms with Gasteiger partial charge in [-0.3, -0.25) is 13.9 Å². The van der Waals surface area contributed by atoms with Crippen LogP contribution in [0.1, 0.15) is 44.6 Å². The lowest BCUT2D eigenvalue weighted by atomic mass is 9.95. The van der Waals surface area contributed by atoms with E-state index in [2.05, 4.69) is 27.9 Å². The Morgan fingerprint density at radius 3 is 2.30 bits per heavy atom. The molecule has 3 aromatic rings. The average molecular weight is 694 g/mol. The third-order valence-electron chi connectivity index (χ3n) is 7.09. The van der Waals surface area contributed by atoms with Crippen molar-refractivity contribution in [1.82, 2.24) is 10.2 Å². The van der Waals surface area contributed by atoms with Gasteiger partial charge in [0.2, 0.25) is 11.8 Å². The number of anilines is 1. The number of amides is 2. The summed E-state index contributed by atoms with van der Waals surface area (Å²) in [4.78, 5) is 28.9.